The first kappa shape index (κ1) is 13.2. The summed E-state index contributed by atoms with van der Waals surface area (Å²) < 4.78 is 71.1. The minimum Gasteiger partial charge on any atom is -0.276 e. The highest BCUT2D eigenvalue weighted by atomic mass is 79.9. The molecule has 0 bridgehead atoms. The zero-order valence-corrected chi connectivity index (χ0v) is 9.75. The van der Waals surface area contributed by atoms with Crippen molar-refractivity contribution in [2.24, 2.45) is 0 Å². The van der Waals surface area contributed by atoms with Crippen LogP contribution in [0.2, 0.25) is 0 Å². The molecule has 0 radical (unpaired) electrons. The highest BCUT2D eigenvalue weighted by molar-refractivity contribution is 9.10. The fourth-order valence-electron chi connectivity index (χ4n) is 0.773. The Labute approximate surface area is 96.6 Å². The Hall–Kier alpha value is -0.830. The van der Waals surface area contributed by atoms with E-state index in [4.69, 9.17) is 0 Å². The second-order valence-corrected chi connectivity index (χ2v) is 5.21. The zero-order chi connectivity index (χ0) is 12.6. The first-order valence-electron chi connectivity index (χ1n) is 3.67. The monoisotopic (exact) mass is 321 g/mol. The van der Waals surface area contributed by atoms with Crippen molar-refractivity contribution >= 4 is 31.6 Å². The summed E-state index contributed by atoms with van der Waals surface area (Å²) in [5.74, 6) is -0.713. The van der Waals surface area contributed by atoms with E-state index in [9.17, 15) is 26.0 Å². The third kappa shape index (κ3) is 2.85. The lowest BCUT2D eigenvalue weighted by Crippen LogP contribution is -2.29. The van der Waals surface area contributed by atoms with Crippen LogP contribution in [-0.2, 0) is 10.0 Å². The van der Waals surface area contributed by atoms with Crippen molar-refractivity contribution in [3.05, 3.63) is 28.5 Å². The summed E-state index contributed by atoms with van der Waals surface area (Å²) in [5.41, 5.74) is -5.79. The average Bonchev–Trinajstić information content (AvgIpc) is 2.09. The molecule has 0 spiro atoms. The summed E-state index contributed by atoms with van der Waals surface area (Å²) in [5, 5.41) is 0. The average molecular weight is 322 g/mol. The highest BCUT2D eigenvalue weighted by Crippen LogP contribution is 2.27. The topological polar surface area (TPSA) is 46.2 Å². The molecule has 0 fully saturated rings. The Morgan fingerprint density at radius 1 is 1.25 bits per heavy atom. The molecule has 0 unspecified atom stereocenters. The number of nitrogens with one attached hydrogen (secondary N) is 1. The molecule has 1 aromatic rings. The summed E-state index contributed by atoms with van der Waals surface area (Å²) in [6, 6.07) is 2.60. The predicted octanol–water partition coefficient (Wildman–Crippen LogP) is 2.85. The van der Waals surface area contributed by atoms with E-state index in [-0.39, 0.29) is 10.2 Å². The molecule has 0 aliphatic carbocycles. The predicted molar refractivity (Wildman–Crippen MR) is 52.7 cm³/mol. The fourth-order valence-corrected chi connectivity index (χ4v) is 1.70. The van der Waals surface area contributed by atoms with Gasteiger partial charge in [0.05, 0.1) is 10.2 Å². The van der Waals surface area contributed by atoms with Crippen molar-refractivity contribution < 1.29 is 26.0 Å². The Kier molecular flexibility index (Phi) is 3.48. The number of hydrogen-bond acceptors (Lipinski definition) is 2. The maximum absolute atomic E-state index is 12.7. The standard InChI is InChI=1S/C7H4BrF4NO2S/c8-5-3-4(1-2-6(5)9)13-16(14,15)7(10,11)12/h1-3,13H. The molecule has 1 aromatic carbocycles. The molecule has 0 saturated carbocycles. The van der Waals surface area contributed by atoms with E-state index in [1.165, 1.54) is 4.72 Å². The molecule has 1 N–H and O–H groups in total. The van der Waals surface area contributed by atoms with Crippen LogP contribution < -0.4 is 4.72 Å². The minimum atomic E-state index is -5.47. The normalized spacial score (nSPS) is 12.6. The molecule has 0 aliphatic heterocycles. The minimum absolute atomic E-state index is 0.144. The van der Waals surface area contributed by atoms with Crippen molar-refractivity contribution in [3.8, 4) is 0 Å². The van der Waals surface area contributed by atoms with Gasteiger partial charge in [-0.25, -0.2) is 4.39 Å². The van der Waals surface area contributed by atoms with Crippen molar-refractivity contribution in [2.45, 2.75) is 5.51 Å². The second kappa shape index (κ2) is 4.21. The Morgan fingerprint density at radius 2 is 1.81 bits per heavy atom. The molecule has 0 aliphatic rings. The smallest absolute Gasteiger partial charge is 0.276 e. The van der Waals surface area contributed by atoms with Crippen LogP contribution in [0.15, 0.2) is 22.7 Å². The van der Waals surface area contributed by atoms with Gasteiger partial charge in [-0.3, -0.25) is 4.72 Å². The van der Waals surface area contributed by atoms with Gasteiger partial charge in [0.25, 0.3) is 0 Å². The van der Waals surface area contributed by atoms with Gasteiger partial charge in [0.15, 0.2) is 0 Å². The van der Waals surface area contributed by atoms with E-state index >= 15 is 0 Å². The van der Waals surface area contributed by atoms with E-state index in [0.717, 1.165) is 18.2 Å². The van der Waals surface area contributed by atoms with E-state index in [0.29, 0.717) is 0 Å². The number of benzene rings is 1. The zero-order valence-electron chi connectivity index (χ0n) is 7.35. The van der Waals surface area contributed by atoms with E-state index in [1.54, 1.807) is 0 Å². The van der Waals surface area contributed by atoms with E-state index in [2.05, 4.69) is 15.9 Å². The van der Waals surface area contributed by atoms with Crippen molar-refractivity contribution in [3.63, 3.8) is 0 Å². The molecule has 0 atom stereocenters. The summed E-state index contributed by atoms with van der Waals surface area (Å²) >= 11 is 2.71. The van der Waals surface area contributed by atoms with Crippen LogP contribution in [0.25, 0.3) is 0 Å². The van der Waals surface area contributed by atoms with Crippen LogP contribution in [0.5, 0.6) is 0 Å². The second-order valence-electron chi connectivity index (χ2n) is 2.68. The van der Waals surface area contributed by atoms with Gasteiger partial charge < -0.3 is 0 Å². The number of halogens is 5. The van der Waals surface area contributed by atoms with Crippen LogP contribution in [0, 0.1) is 5.82 Å². The van der Waals surface area contributed by atoms with Gasteiger partial charge in [0, 0.05) is 0 Å². The number of hydrogen-bond donors (Lipinski definition) is 1. The molecule has 3 nitrogen and oxygen atoms in total. The number of rotatable bonds is 2. The van der Waals surface area contributed by atoms with Crippen LogP contribution in [-0.4, -0.2) is 13.9 Å². The van der Waals surface area contributed by atoms with Crippen LogP contribution in [0.1, 0.15) is 0 Å². The molecule has 1 rings (SSSR count). The molecule has 16 heavy (non-hydrogen) atoms. The summed E-state index contributed by atoms with van der Waals surface area (Å²) in [4.78, 5) is 0. The van der Waals surface area contributed by atoms with Crippen LogP contribution in [0.4, 0.5) is 23.2 Å². The largest absolute Gasteiger partial charge is 0.516 e. The first-order valence-corrected chi connectivity index (χ1v) is 5.95. The molecular weight excluding hydrogens is 318 g/mol. The van der Waals surface area contributed by atoms with Gasteiger partial charge in [-0.2, -0.15) is 21.6 Å². The van der Waals surface area contributed by atoms with Gasteiger partial charge in [-0.05, 0) is 34.1 Å². The molecule has 9 heteroatoms. The molecule has 0 amide bonds. The number of anilines is 1. The summed E-state index contributed by atoms with van der Waals surface area (Å²) in [6.07, 6.45) is 0. The number of sulfonamides is 1. The van der Waals surface area contributed by atoms with Crippen molar-refractivity contribution in [1.82, 2.24) is 0 Å². The fraction of sp³-hybridized carbons (Fsp3) is 0.143. The van der Waals surface area contributed by atoms with Gasteiger partial charge in [0.2, 0.25) is 0 Å². The quantitative estimate of drug-likeness (QED) is 0.851. The van der Waals surface area contributed by atoms with Gasteiger partial charge in [-0.15, -0.1) is 0 Å². The maximum Gasteiger partial charge on any atom is 0.516 e. The molecule has 0 heterocycles. The van der Waals surface area contributed by atoms with Gasteiger partial charge >= 0.3 is 15.5 Å². The Balaban J connectivity index is 3.03. The molecule has 0 saturated heterocycles. The third-order valence-corrected chi connectivity index (χ3v) is 3.20. The lowest BCUT2D eigenvalue weighted by molar-refractivity contribution is -0.0429. The SMILES string of the molecule is O=S(=O)(Nc1ccc(F)c(Br)c1)C(F)(F)F. The summed E-state index contributed by atoms with van der Waals surface area (Å²) in [7, 11) is -5.47. The molecular formula is C7H4BrF4NO2S. The van der Waals surface area contributed by atoms with E-state index < -0.39 is 21.3 Å². The Bertz CT molecular complexity index is 500. The Morgan fingerprint density at radius 3 is 2.25 bits per heavy atom. The molecule has 0 aromatic heterocycles. The van der Waals surface area contributed by atoms with Gasteiger partial charge in [0.1, 0.15) is 5.82 Å². The maximum atomic E-state index is 12.7. The third-order valence-electron chi connectivity index (χ3n) is 1.48. The van der Waals surface area contributed by atoms with Crippen LogP contribution in [0.3, 0.4) is 0 Å². The van der Waals surface area contributed by atoms with Gasteiger partial charge in [-0.1, -0.05) is 0 Å². The summed E-state index contributed by atoms with van der Waals surface area (Å²) in [6.45, 7) is 0. The number of alkyl halides is 3. The lowest BCUT2D eigenvalue weighted by Gasteiger charge is -2.10. The van der Waals surface area contributed by atoms with Crippen molar-refractivity contribution in [2.75, 3.05) is 4.72 Å². The van der Waals surface area contributed by atoms with Crippen molar-refractivity contribution in [1.29, 1.82) is 0 Å². The van der Waals surface area contributed by atoms with Crippen LogP contribution >= 0.6 is 15.9 Å². The lowest BCUT2D eigenvalue weighted by atomic mass is 10.3. The molecule has 90 valence electrons. The highest BCUT2D eigenvalue weighted by Gasteiger charge is 2.46. The van der Waals surface area contributed by atoms with E-state index in [1.807, 2.05) is 0 Å². The first-order chi connectivity index (χ1) is 7.13.